The number of carbonyl (C=O) groups excluding carboxylic acids is 1. The molecule has 1 fully saturated rings. The maximum Gasteiger partial charge on any atom is 0.271 e. The smallest absolute Gasteiger partial charge is 0.271 e. The van der Waals surface area contributed by atoms with E-state index < -0.39 is 0 Å². The maximum atomic E-state index is 12.3. The van der Waals surface area contributed by atoms with Crippen LogP contribution in [0.5, 0.6) is 0 Å². The first-order valence-electron chi connectivity index (χ1n) is 9.21. The quantitative estimate of drug-likeness (QED) is 0.836. The van der Waals surface area contributed by atoms with Gasteiger partial charge in [-0.1, -0.05) is 56.6 Å². The summed E-state index contributed by atoms with van der Waals surface area (Å²) in [6.07, 6.45) is 6.90. The first kappa shape index (κ1) is 18.8. The van der Waals surface area contributed by atoms with Gasteiger partial charge in [0, 0.05) is 12.2 Å². The van der Waals surface area contributed by atoms with Crippen molar-refractivity contribution in [1.29, 1.82) is 0 Å². The Hall–Kier alpha value is -1.94. The molecular weight excluding hydrogens is 346 g/mol. The molecule has 26 heavy (non-hydrogen) atoms. The fraction of sp³-hybridized carbons (Fsp3) is 0.476. The van der Waals surface area contributed by atoms with Crippen LogP contribution in [0.1, 0.15) is 74.0 Å². The molecule has 1 aromatic heterocycles. The van der Waals surface area contributed by atoms with Gasteiger partial charge in [0.2, 0.25) is 0 Å². The van der Waals surface area contributed by atoms with E-state index in [1.54, 1.807) is 0 Å². The van der Waals surface area contributed by atoms with Gasteiger partial charge < -0.3 is 5.32 Å². The molecule has 1 amide bonds. The molecule has 5 heteroatoms. The molecule has 1 aliphatic rings. The zero-order valence-electron chi connectivity index (χ0n) is 15.6. The van der Waals surface area contributed by atoms with Gasteiger partial charge in [0.05, 0.1) is 5.02 Å². The molecule has 4 nitrogen and oxygen atoms in total. The summed E-state index contributed by atoms with van der Waals surface area (Å²) < 4.78 is 0. The minimum Gasteiger partial charge on any atom is -0.348 e. The van der Waals surface area contributed by atoms with Crippen LogP contribution in [-0.2, 0) is 5.41 Å². The number of halogens is 1. The second-order valence-corrected chi connectivity index (χ2v) is 8.52. The van der Waals surface area contributed by atoms with Crippen LogP contribution < -0.4 is 5.32 Å². The molecule has 0 bridgehead atoms. The zero-order chi connectivity index (χ0) is 18.7. The van der Waals surface area contributed by atoms with Crippen LogP contribution >= 0.6 is 11.6 Å². The molecule has 1 N–H and O–H groups in total. The average Bonchev–Trinajstić information content (AvgIpc) is 2.62. The fourth-order valence-corrected chi connectivity index (χ4v) is 3.75. The first-order chi connectivity index (χ1) is 12.3. The van der Waals surface area contributed by atoms with Gasteiger partial charge in [-0.25, -0.2) is 9.97 Å². The number of nitrogens with zero attached hydrogens (tertiary/aromatic N) is 2. The summed E-state index contributed by atoms with van der Waals surface area (Å²) in [4.78, 5) is 20.1. The van der Waals surface area contributed by atoms with E-state index in [0.29, 0.717) is 5.92 Å². The highest BCUT2D eigenvalue weighted by atomic mass is 35.5. The average molecular weight is 372 g/mol. The van der Waals surface area contributed by atoms with Crippen molar-refractivity contribution in [3.05, 3.63) is 58.6 Å². The molecule has 1 saturated carbocycles. The number of rotatable bonds is 3. The van der Waals surface area contributed by atoms with Crippen LogP contribution in [0.15, 0.2) is 36.8 Å². The molecule has 1 heterocycles. The van der Waals surface area contributed by atoms with E-state index in [1.807, 2.05) is 0 Å². The predicted molar refractivity (Wildman–Crippen MR) is 105 cm³/mol. The largest absolute Gasteiger partial charge is 0.348 e. The number of carbonyl (C=O) groups is 1. The molecule has 0 spiro atoms. The lowest BCUT2D eigenvalue weighted by Gasteiger charge is -2.30. The minimum atomic E-state index is -0.213. The van der Waals surface area contributed by atoms with Crippen LogP contribution in [0.4, 0.5) is 0 Å². The van der Waals surface area contributed by atoms with Crippen LogP contribution in [0.3, 0.4) is 0 Å². The predicted octanol–water partition coefficient (Wildman–Crippen LogP) is 4.88. The lowest BCUT2D eigenvalue weighted by atomic mass is 9.80. The Morgan fingerprint density at radius 1 is 1.12 bits per heavy atom. The van der Waals surface area contributed by atoms with Gasteiger partial charge in [-0.2, -0.15) is 0 Å². The van der Waals surface area contributed by atoms with Crippen molar-refractivity contribution >= 4 is 17.5 Å². The van der Waals surface area contributed by atoms with Gasteiger partial charge in [0.25, 0.3) is 5.91 Å². The van der Waals surface area contributed by atoms with Gasteiger partial charge in [0.15, 0.2) is 0 Å². The van der Waals surface area contributed by atoms with Gasteiger partial charge >= 0.3 is 0 Å². The van der Waals surface area contributed by atoms with E-state index in [2.05, 4.69) is 60.3 Å². The molecule has 0 unspecified atom stereocenters. The number of amides is 1. The molecule has 0 radical (unpaired) electrons. The van der Waals surface area contributed by atoms with Gasteiger partial charge in [-0.05, 0) is 48.1 Å². The van der Waals surface area contributed by atoms with Crippen LogP contribution in [0, 0.1) is 0 Å². The molecular formula is C21H26ClN3O. The summed E-state index contributed by atoms with van der Waals surface area (Å²) in [6, 6.07) is 9.22. The summed E-state index contributed by atoms with van der Waals surface area (Å²) in [5.74, 6) is 0.357. The summed E-state index contributed by atoms with van der Waals surface area (Å²) in [7, 11) is 0. The van der Waals surface area contributed by atoms with Crippen molar-refractivity contribution in [2.75, 3.05) is 0 Å². The van der Waals surface area contributed by atoms with Gasteiger partial charge in [-0.3, -0.25) is 4.79 Å². The van der Waals surface area contributed by atoms with Crippen molar-refractivity contribution < 1.29 is 4.79 Å². The Morgan fingerprint density at radius 2 is 1.77 bits per heavy atom. The Bertz CT molecular complexity index is 760. The number of nitrogens with one attached hydrogen (secondary N) is 1. The fourth-order valence-electron chi connectivity index (χ4n) is 3.56. The zero-order valence-corrected chi connectivity index (χ0v) is 16.4. The third-order valence-corrected chi connectivity index (χ3v) is 5.47. The molecule has 0 atom stereocenters. The van der Waals surface area contributed by atoms with Crippen LogP contribution in [0.25, 0.3) is 0 Å². The van der Waals surface area contributed by atoms with E-state index in [-0.39, 0.29) is 28.1 Å². The standard InChI is InChI=1S/C21H26ClN3O/c1-21(2,3)16-8-4-14(5-9-16)15-6-10-17(11-7-15)25-20(26)19-18(22)12-23-13-24-19/h4-5,8-9,12-13,15,17H,6-7,10-11H2,1-3H3,(H,25,26). The SMILES string of the molecule is CC(C)(C)c1ccc(C2CCC(NC(=O)c3ncncc3Cl)CC2)cc1. The highest BCUT2D eigenvalue weighted by molar-refractivity contribution is 6.33. The molecule has 1 aromatic carbocycles. The second kappa shape index (κ2) is 7.75. The van der Waals surface area contributed by atoms with Crippen molar-refractivity contribution in [2.45, 2.75) is 63.8 Å². The van der Waals surface area contributed by atoms with Crippen molar-refractivity contribution in [3.63, 3.8) is 0 Å². The molecule has 0 saturated heterocycles. The highest BCUT2D eigenvalue weighted by Gasteiger charge is 2.25. The Kier molecular flexibility index (Phi) is 5.61. The number of aromatic nitrogens is 2. The summed E-state index contributed by atoms with van der Waals surface area (Å²) >= 11 is 6.00. The Labute approximate surface area is 160 Å². The van der Waals surface area contributed by atoms with Crippen LogP contribution in [-0.4, -0.2) is 21.9 Å². The monoisotopic (exact) mass is 371 g/mol. The van der Waals surface area contributed by atoms with Crippen LogP contribution in [0.2, 0.25) is 5.02 Å². The lowest BCUT2D eigenvalue weighted by Crippen LogP contribution is -2.37. The van der Waals surface area contributed by atoms with Gasteiger partial charge in [-0.15, -0.1) is 0 Å². The molecule has 1 aliphatic carbocycles. The topological polar surface area (TPSA) is 54.9 Å². The van der Waals surface area contributed by atoms with E-state index in [4.69, 9.17) is 11.6 Å². The number of hydrogen-bond acceptors (Lipinski definition) is 3. The number of benzene rings is 1. The molecule has 0 aliphatic heterocycles. The van der Waals surface area contributed by atoms with E-state index in [0.717, 1.165) is 25.7 Å². The van der Waals surface area contributed by atoms with Crippen molar-refractivity contribution in [3.8, 4) is 0 Å². The van der Waals surface area contributed by atoms with E-state index >= 15 is 0 Å². The lowest BCUT2D eigenvalue weighted by molar-refractivity contribution is 0.0920. The van der Waals surface area contributed by atoms with Gasteiger partial charge in [0.1, 0.15) is 12.0 Å². The summed E-state index contributed by atoms with van der Waals surface area (Å²) in [5.41, 5.74) is 3.20. The molecule has 2 aromatic rings. The van der Waals surface area contributed by atoms with Crippen molar-refractivity contribution in [1.82, 2.24) is 15.3 Å². The maximum absolute atomic E-state index is 12.3. The first-order valence-corrected chi connectivity index (χ1v) is 9.59. The summed E-state index contributed by atoms with van der Waals surface area (Å²) in [5, 5.41) is 3.35. The molecule has 3 rings (SSSR count). The van der Waals surface area contributed by atoms with E-state index in [1.165, 1.54) is 23.7 Å². The van der Waals surface area contributed by atoms with Crippen molar-refractivity contribution in [2.24, 2.45) is 0 Å². The Balaban J connectivity index is 1.56. The Morgan fingerprint density at radius 3 is 2.35 bits per heavy atom. The second-order valence-electron chi connectivity index (χ2n) is 8.11. The normalized spacial score (nSPS) is 20.6. The molecule has 138 valence electrons. The third kappa shape index (κ3) is 4.42. The number of hydrogen-bond donors (Lipinski definition) is 1. The summed E-state index contributed by atoms with van der Waals surface area (Å²) in [6.45, 7) is 6.71. The highest BCUT2D eigenvalue weighted by Crippen LogP contribution is 2.34. The third-order valence-electron chi connectivity index (χ3n) is 5.19. The minimum absolute atomic E-state index is 0.179. The van der Waals surface area contributed by atoms with E-state index in [9.17, 15) is 4.79 Å².